The Kier molecular flexibility index (Phi) is 3.01. The number of carbonyl (C=O) groups is 1. The highest BCUT2D eigenvalue weighted by molar-refractivity contribution is 5.89. The molecule has 5 heteroatoms. The van der Waals surface area contributed by atoms with E-state index < -0.39 is 5.97 Å². The summed E-state index contributed by atoms with van der Waals surface area (Å²) in [6.45, 7) is 0. The molecule has 20 heavy (non-hydrogen) atoms. The van der Waals surface area contributed by atoms with Crippen LogP contribution in [0, 0.1) is 0 Å². The average Bonchev–Trinajstić information content (AvgIpc) is 2.92. The topological polar surface area (TPSA) is 78.9 Å². The summed E-state index contributed by atoms with van der Waals surface area (Å²) in [5, 5.41) is 16.6. The lowest BCUT2D eigenvalue weighted by Crippen LogP contribution is -1.88. The van der Waals surface area contributed by atoms with E-state index in [9.17, 15) is 4.79 Å². The molecule has 98 valence electrons. The molecule has 0 fully saturated rings. The molecule has 0 aliphatic carbocycles. The van der Waals surface area contributed by atoms with Crippen molar-refractivity contribution in [2.24, 2.45) is 0 Å². The smallest absolute Gasteiger partial charge is 0.328 e. The number of aromatic amines is 1. The van der Waals surface area contributed by atoms with Crippen LogP contribution in [-0.2, 0) is 4.79 Å². The van der Waals surface area contributed by atoms with Gasteiger partial charge in [-0.1, -0.05) is 6.07 Å². The Balaban J connectivity index is 2.11. The van der Waals surface area contributed by atoms with E-state index in [0.29, 0.717) is 0 Å². The summed E-state index contributed by atoms with van der Waals surface area (Å²) in [7, 11) is 0. The van der Waals surface area contributed by atoms with Gasteiger partial charge in [0.05, 0.1) is 11.7 Å². The normalized spacial score (nSPS) is 11.2. The van der Waals surface area contributed by atoms with Gasteiger partial charge >= 0.3 is 5.97 Å². The Morgan fingerprint density at radius 2 is 2.15 bits per heavy atom. The second kappa shape index (κ2) is 4.97. The molecule has 0 aliphatic heterocycles. The maximum Gasteiger partial charge on any atom is 0.328 e. The third-order valence-corrected chi connectivity index (χ3v) is 3.01. The maximum absolute atomic E-state index is 10.6. The van der Waals surface area contributed by atoms with Crippen molar-refractivity contribution in [3.8, 4) is 11.1 Å². The molecule has 1 aromatic carbocycles. The Bertz CT molecular complexity index is 805. The Hall–Kier alpha value is -2.95. The molecule has 5 nitrogen and oxygen atoms in total. The van der Waals surface area contributed by atoms with Crippen molar-refractivity contribution >= 4 is 22.9 Å². The lowest BCUT2D eigenvalue weighted by Gasteiger charge is -2.05. The number of carboxylic acids is 1. The number of aromatic nitrogens is 3. The summed E-state index contributed by atoms with van der Waals surface area (Å²) in [6, 6.07) is 7.67. The molecule has 0 spiro atoms. The van der Waals surface area contributed by atoms with Crippen LogP contribution in [0.4, 0.5) is 0 Å². The second-order valence-corrected chi connectivity index (χ2v) is 4.31. The highest BCUT2D eigenvalue weighted by atomic mass is 16.4. The van der Waals surface area contributed by atoms with Gasteiger partial charge in [0.15, 0.2) is 0 Å². The highest BCUT2D eigenvalue weighted by Gasteiger charge is 2.05. The van der Waals surface area contributed by atoms with Crippen LogP contribution in [0.15, 0.2) is 48.9 Å². The number of rotatable bonds is 3. The monoisotopic (exact) mass is 265 g/mol. The van der Waals surface area contributed by atoms with Crippen LogP contribution in [0.5, 0.6) is 0 Å². The van der Waals surface area contributed by atoms with Gasteiger partial charge < -0.3 is 5.11 Å². The fourth-order valence-corrected chi connectivity index (χ4v) is 2.06. The molecule has 2 N–H and O–H groups in total. The van der Waals surface area contributed by atoms with E-state index in [1.165, 1.54) is 0 Å². The largest absolute Gasteiger partial charge is 0.478 e. The first kappa shape index (κ1) is 12.1. The third-order valence-electron chi connectivity index (χ3n) is 3.01. The SMILES string of the molecule is O=C(O)C=Cc1ccncc1-c1ccc2[nH]ncc2c1. The van der Waals surface area contributed by atoms with Crippen molar-refractivity contribution in [3.63, 3.8) is 0 Å². The maximum atomic E-state index is 10.6. The summed E-state index contributed by atoms with van der Waals surface area (Å²) in [5.41, 5.74) is 3.62. The summed E-state index contributed by atoms with van der Waals surface area (Å²) < 4.78 is 0. The van der Waals surface area contributed by atoms with Crippen LogP contribution < -0.4 is 0 Å². The van der Waals surface area contributed by atoms with Crippen molar-refractivity contribution in [1.29, 1.82) is 0 Å². The minimum absolute atomic E-state index is 0.810. The molecule has 2 heterocycles. The number of fused-ring (bicyclic) bond motifs is 1. The van der Waals surface area contributed by atoms with Gasteiger partial charge in [0.2, 0.25) is 0 Å². The summed E-state index contributed by atoms with van der Waals surface area (Å²) >= 11 is 0. The Morgan fingerprint density at radius 3 is 3.00 bits per heavy atom. The number of benzene rings is 1. The summed E-state index contributed by atoms with van der Waals surface area (Å²) in [4.78, 5) is 14.8. The van der Waals surface area contributed by atoms with Crippen molar-refractivity contribution in [3.05, 3.63) is 54.5 Å². The molecule has 0 atom stereocenters. The number of nitrogens with zero attached hydrogens (tertiary/aromatic N) is 2. The van der Waals surface area contributed by atoms with Gasteiger partial charge in [-0.3, -0.25) is 10.1 Å². The first-order valence-corrected chi connectivity index (χ1v) is 6.02. The minimum atomic E-state index is -0.974. The fourth-order valence-electron chi connectivity index (χ4n) is 2.06. The number of hydrogen-bond donors (Lipinski definition) is 2. The molecular weight excluding hydrogens is 254 g/mol. The van der Waals surface area contributed by atoms with Gasteiger partial charge in [0, 0.05) is 29.4 Å². The van der Waals surface area contributed by atoms with Gasteiger partial charge in [-0.2, -0.15) is 5.10 Å². The minimum Gasteiger partial charge on any atom is -0.478 e. The Labute approximate surface area is 114 Å². The summed E-state index contributed by atoms with van der Waals surface area (Å²) in [5.74, 6) is -0.974. The molecule has 0 radical (unpaired) electrons. The molecular formula is C15H11N3O2. The van der Waals surface area contributed by atoms with E-state index in [-0.39, 0.29) is 0 Å². The molecule has 0 saturated carbocycles. The number of hydrogen-bond acceptors (Lipinski definition) is 3. The standard InChI is InChI=1S/C15H11N3O2/c19-15(20)4-2-10-5-6-16-9-13(10)11-1-3-14-12(7-11)8-17-18-14/h1-9H,(H,17,18)(H,19,20). The van der Waals surface area contributed by atoms with Crippen LogP contribution in [0.2, 0.25) is 0 Å². The van der Waals surface area contributed by atoms with Gasteiger partial charge in [0.1, 0.15) is 0 Å². The molecule has 0 saturated heterocycles. The Morgan fingerprint density at radius 1 is 1.25 bits per heavy atom. The molecule has 0 aliphatic rings. The van der Waals surface area contributed by atoms with Crippen molar-refractivity contribution in [2.75, 3.05) is 0 Å². The van der Waals surface area contributed by atoms with E-state index in [2.05, 4.69) is 15.2 Å². The molecule has 0 unspecified atom stereocenters. The van der Waals surface area contributed by atoms with Crippen LogP contribution in [0.25, 0.3) is 28.1 Å². The lowest BCUT2D eigenvalue weighted by molar-refractivity contribution is -0.131. The van der Waals surface area contributed by atoms with Crippen molar-refractivity contribution in [2.45, 2.75) is 0 Å². The van der Waals surface area contributed by atoms with E-state index in [1.54, 1.807) is 30.7 Å². The first-order chi connectivity index (χ1) is 9.74. The molecule has 3 aromatic rings. The quantitative estimate of drug-likeness (QED) is 0.714. The number of pyridine rings is 1. The molecule has 3 rings (SSSR count). The number of aliphatic carboxylic acids is 1. The summed E-state index contributed by atoms with van der Waals surface area (Å²) in [6.07, 6.45) is 7.81. The lowest BCUT2D eigenvalue weighted by atomic mass is 10.0. The van der Waals surface area contributed by atoms with Gasteiger partial charge in [0.25, 0.3) is 0 Å². The van der Waals surface area contributed by atoms with Crippen molar-refractivity contribution < 1.29 is 9.90 Å². The van der Waals surface area contributed by atoms with Gasteiger partial charge in [-0.25, -0.2) is 4.79 Å². The van der Waals surface area contributed by atoms with Gasteiger partial charge in [-0.15, -0.1) is 0 Å². The zero-order chi connectivity index (χ0) is 13.9. The number of H-pyrrole nitrogens is 1. The number of carboxylic acid groups (broad SMARTS) is 1. The van der Waals surface area contributed by atoms with Crippen LogP contribution in [0.3, 0.4) is 0 Å². The van der Waals surface area contributed by atoms with Crippen LogP contribution in [-0.4, -0.2) is 26.3 Å². The van der Waals surface area contributed by atoms with Crippen LogP contribution in [0.1, 0.15) is 5.56 Å². The average molecular weight is 265 g/mol. The predicted octanol–water partition coefficient (Wildman–Crippen LogP) is 2.72. The molecule has 0 amide bonds. The van der Waals surface area contributed by atoms with Gasteiger partial charge in [-0.05, 0) is 35.4 Å². The zero-order valence-corrected chi connectivity index (χ0v) is 10.4. The van der Waals surface area contributed by atoms with Crippen LogP contribution >= 0.6 is 0 Å². The highest BCUT2D eigenvalue weighted by Crippen LogP contribution is 2.26. The number of nitrogens with one attached hydrogen (secondary N) is 1. The molecule has 2 aromatic heterocycles. The van der Waals surface area contributed by atoms with E-state index in [4.69, 9.17) is 5.11 Å². The molecule has 0 bridgehead atoms. The van der Waals surface area contributed by atoms with E-state index in [1.807, 2.05) is 18.2 Å². The third kappa shape index (κ3) is 2.29. The second-order valence-electron chi connectivity index (χ2n) is 4.31. The van der Waals surface area contributed by atoms with E-state index >= 15 is 0 Å². The predicted molar refractivity (Wildman–Crippen MR) is 76.0 cm³/mol. The van der Waals surface area contributed by atoms with E-state index in [0.717, 1.165) is 33.7 Å². The zero-order valence-electron chi connectivity index (χ0n) is 10.4. The fraction of sp³-hybridized carbons (Fsp3) is 0. The van der Waals surface area contributed by atoms with Crippen molar-refractivity contribution in [1.82, 2.24) is 15.2 Å². The first-order valence-electron chi connectivity index (χ1n) is 6.02.